The van der Waals surface area contributed by atoms with Crippen LogP contribution in [-0.4, -0.2) is 19.6 Å². The third-order valence-electron chi connectivity index (χ3n) is 3.26. The molecule has 0 unspecified atom stereocenters. The van der Waals surface area contributed by atoms with E-state index in [1.807, 2.05) is 0 Å². The number of rotatable bonds is 5. The van der Waals surface area contributed by atoms with Crippen molar-refractivity contribution in [3.63, 3.8) is 0 Å². The monoisotopic (exact) mass is 255 g/mol. The quantitative estimate of drug-likeness (QED) is 0.818. The first-order chi connectivity index (χ1) is 8.57. The van der Waals surface area contributed by atoms with Gasteiger partial charge in [0.05, 0.1) is 12.5 Å². The van der Waals surface area contributed by atoms with E-state index in [1.54, 1.807) is 0 Å². The second kappa shape index (κ2) is 5.02. The molecule has 5 heteroatoms. The maximum atomic E-state index is 13.3. The fraction of sp³-hybridized carbons (Fsp3) is 0.462. The van der Waals surface area contributed by atoms with Gasteiger partial charge in [0.25, 0.3) is 0 Å². The normalized spacial score (nSPS) is 16.4. The van der Waals surface area contributed by atoms with Gasteiger partial charge in [0.15, 0.2) is 0 Å². The highest BCUT2D eigenvalue weighted by Crippen LogP contribution is 2.46. The van der Waals surface area contributed by atoms with Crippen molar-refractivity contribution in [3.8, 4) is 0 Å². The minimum absolute atomic E-state index is 0.197. The van der Waals surface area contributed by atoms with Gasteiger partial charge in [-0.15, -0.1) is 0 Å². The lowest BCUT2D eigenvalue weighted by atomic mass is 10.1. The molecule has 0 aromatic heterocycles. The molecule has 1 aliphatic carbocycles. The Morgan fingerprint density at radius 3 is 2.78 bits per heavy atom. The second-order valence-electron chi connectivity index (χ2n) is 4.61. The molecule has 1 fully saturated rings. The first kappa shape index (κ1) is 13.0. The van der Waals surface area contributed by atoms with Gasteiger partial charge in [0.2, 0.25) is 0 Å². The summed E-state index contributed by atoms with van der Waals surface area (Å²) in [7, 11) is 1.36. The molecule has 0 spiro atoms. The maximum Gasteiger partial charge on any atom is 0.313 e. The van der Waals surface area contributed by atoms with E-state index in [0.29, 0.717) is 6.54 Å². The smallest absolute Gasteiger partial charge is 0.313 e. The van der Waals surface area contributed by atoms with E-state index in [0.717, 1.165) is 31.0 Å². The highest BCUT2D eigenvalue weighted by molar-refractivity contribution is 5.80. The summed E-state index contributed by atoms with van der Waals surface area (Å²) in [5.41, 5.74) is -0.200. The molecule has 0 aliphatic heterocycles. The van der Waals surface area contributed by atoms with E-state index in [4.69, 9.17) is 4.74 Å². The first-order valence-electron chi connectivity index (χ1n) is 5.80. The molecule has 1 N–H and O–H groups in total. The summed E-state index contributed by atoms with van der Waals surface area (Å²) in [6.07, 6.45) is 1.55. The van der Waals surface area contributed by atoms with E-state index in [2.05, 4.69) is 5.32 Å². The third-order valence-corrected chi connectivity index (χ3v) is 3.26. The lowest BCUT2D eigenvalue weighted by molar-refractivity contribution is -0.146. The highest BCUT2D eigenvalue weighted by Gasteiger charge is 2.50. The summed E-state index contributed by atoms with van der Waals surface area (Å²) in [4.78, 5) is 11.5. The van der Waals surface area contributed by atoms with Crippen LogP contribution in [0.4, 0.5) is 8.78 Å². The fourth-order valence-corrected chi connectivity index (χ4v) is 1.94. The molecule has 1 aliphatic rings. The number of carbonyl (C=O) groups is 1. The van der Waals surface area contributed by atoms with Crippen molar-refractivity contribution in [2.75, 3.05) is 13.7 Å². The number of halogens is 2. The minimum Gasteiger partial charge on any atom is -0.469 e. The molecule has 0 radical (unpaired) electrons. The zero-order chi connectivity index (χ0) is 13.2. The van der Waals surface area contributed by atoms with Crippen LogP contribution in [0.25, 0.3) is 0 Å². The lowest BCUT2D eigenvalue weighted by Crippen LogP contribution is -2.30. The molecule has 98 valence electrons. The van der Waals surface area contributed by atoms with Gasteiger partial charge < -0.3 is 10.1 Å². The van der Waals surface area contributed by atoms with Crippen molar-refractivity contribution >= 4 is 5.97 Å². The predicted octanol–water partition coefficient (Wildman–Crippen LogP) is 2.01. The third kappa shape index (κ3) is 2.67. The number of nitrogens with one attached hydrogen (secondary N) is 1. The molecule has 0 bridgehead atoms. The van der Waals surface area contributed by atoms with Gasteiger partial charge in [0.1, 0.15) is 11.6 Å². The van der Waals surface area contributed by atoms with Gasteiger partial charge in [-0.1, -0.05) is 0 Å². The Bertz CT molecular complexity index is 458. The fourth-order valence-electron chi connectivity index (χ4n) is 1.94. The van der Waals surface area contributed by atoms with E-state index in [9.17, 15) is 13.6 Å². The number of esters is 1. The molecule has 1 aromatic carbocycles. The number of carbonyl (C=O) groups excluding carboxylic acids is 1. The number of methoxy groups -OCH3 is 1. The summed E-state index contributed by atoms with van der Waals surface area (Å²) in [6.45, 7) is 0.623. The molecule has 3 nitrogen and oxygen atoms in total. The van der Waals surface area contributed by atoms with Crippen molar-refractivity contribution in [2.24, 2.45) is 5.41 Å². The molecule has 0 saturated heterocycles. The van der Waals surface area contributed by atoms with E-state index in [-0.39, 0.29) is 18.1 Å². The van der Waals surface area contributed by atoms with Gasteiger partial charge in [0, 0.05) is 18.7 Å². The Morgan fingerprint density at radius 1 is 1.44 bits per heavy atom. The summed E-state index contributed by atoms with van der Waals surface area (Å²) >= 11 is 0. The number of ether oxygens (including phenoxy) is 1. The zero-order valence-corrected chi connectivity index (χ0v) is 10.1. The topological polar surface area (TPSA) is 38.3 Å². The van der Waals surface area contributed by atoms with Gasteiger partial charge in [-0.3, -0.25) is 4.79 Å². The van der Waals surface area contributed by atoms with E-state index < -0.39 is 17.0 Å². The number of hydrogen-bond donors (Lipinski definition) is 1. The molecular weight excluding hydrogens is 240 g/mol. The number of benzene rings is 1. The van der Waals surface area contributed by atoms with Gasteiger partial charge in [-0.2, -0.15) is 0 Å². The van der Waals surface area contributed by atoms with Crippen LogP contribution in [0.3, 0.4) is 0 Å². The van der Waals surface area contributed by atoms with Crippen LogP contribution in [-0.2, 0) is 16.1 Å². The van der Waals surface area contributed by atoms with Crippen LogP contribution < -0.4 is 5.32 Å². The van der Waals surface area contributed by atoms with Crippen molar-refractivity contribution in [3.05, 3.63) is 35.4 Å². The molecule has 0 atom stereocenters. The average Bonchev–Trinajstić information content (AvgIpc) is 3.14. The second-order valence-corrected chi connectivity index (χ2v) is 4.61. The maximum absolute atomic E-state index is 13.3. The van der Waals surface area contributed by atoms with Crippen LogP contribution in [0.15, 0.2) is 18.2 Å². The minimum atomic E-state index is -0.470. The summed E-state index contributed by atoms with van der Waals surface area (Å²) in [5.74, 6) is -1.16. The average molecular weight is 255 g/mol. The van der Waals surface area contributed by atoms with Crippen LogP contribution in [0, 0.1) is 17.0 Å². The van der Waals surface area contributed by atoms with Gasteiger partial charge in [-0.25, -0.2) is 8.78 Å². The van der Waals surface area contributed by atoms with Crippen LogP contribution >= 0.6 is 0 Å². The Kier molecular flexibility index (Phi) is 3.61. The van der Waals surface area contributed by atoms with Crippen molar-refractivity contribution < 1.29 is 18.3 Å². The standard InChI is InChI=1S/C13H15F2NO2/c1-18-12(17)13(4-5-13)8-16-7-9-6-10(14)2-3-11(9)15/h2-3,6,16H,4-5,7-8H2,1H3. The Labute approximate surface area is 104 Å². The molecule has 2 rings (SSSR count). The van der Waals surface area contributed by atoms with Crippen molar-refractivity contribution in [1.29, 1.82) is 0 Å². The Hall–Kier alpha value is -1.49. The van der Waals surface area contributed by atoms with Crippen LogP contribution in [0.5, 0.6) is 0 Å². The van der Waals surface area contributed by atoms with Crippen LogP contribution in [0.2, 0.25) is 0 Å². The van der Waals surface area contributed by atoms with Gasteiger partial charge in [-0.05, 0) is 31.0 Å². The zero-order valence-electron chi connectivity index (χ0n) is 10.1. The largest absolute Gasteiger partial charge is 0.469 e. The summed E-state index contributed by atoms with van der Waals surface area (Å²) in [5, 5.41) is 2.98. The molecular formula is C13H15F2NO2. The Balaban J connectivity index is 1.89. The lowest BCUT2D eigenvalue weighted by Gasteiger charge is -2.13. The van der Waals surface area contributed by atoms with Crippen molar-refractivity contribution in [2.45, 2.75) is 19.4 Å². The number of hydrogen-bond acceptors (Lipinski definition) is 3. The van der Waals surface area contributed by atoms with E-state index in [1.165, 1.54) is 7.11 Å². The molecule has 0 heterocycles. The molecule has 1 aromatic rings. The molecule has 0 amide bonds. The Morgan fingerprint density at radius 2 is 2.17 bits per heavy atom. The van der Waals surface area contributed by atoms with Crippen molar-refractivity contribution in [1.82, 2.24) is 5.32 Å². The van der Waals surface area contributed by atoms with E-state index >= 15 is 0 Å². The first-order valence-corrected chi connectivity index (χ1v) is 5.80. The molecule has 1 saturated carbocycles. The summed E-state index contributed by atoms with van der Waals surface area (Å²) in [6, 6.07) is 3.33. The predicted molar refractivity (Wildman–Crippen MR) is 61.7 cm³/mol. The van der Waals surface area contributed by atoms with Gasteiger partial charge >= 0.3 is 5.97 Å². The van der Waals surface area contributed by atoms with Crippen LogP contribution in [0.1, 0.15) is 18.4 Å². The highest BCUT2D eigenvalue weighted by atomic mass is 19.1. The summed E-state index contributed by atoms with van der Waals surface area (Å²) < 4.78 is 31.0. The molecule has 18 heavy (non-hydrogen) atoms. The SMILES string of the molecule is COC(=O)C1(CNCc2cc(F)ccc2F)CC1.